The lowest BCUT2D eigenvalue weighted by Gasteiger charge is -2.26. The number of fused-ring (bicyclic) bond motifs is 1. The molecule has 1 aromatic rings. The van der Waals surface area contributed by atoms with Crippen LogP contribution in [0.1, 0.15) is 12.5 Å². The molecule has 1 unspecified atom stereocenters. The number of thioether (sulfide) groups is 1. The van der Waals surface area contributed by atoms with Crippen molar-refractivity contribution in [3.63, 3.8) is 0 Å². The van der Waals surface area contributed by atoms with Gasteiger partial charge in [-0.3, -0.25) is 0 Å². The highest BCUT2D eigenvalue weighted by Gasteiger charge is 2.22. The molecule has 1 aromatic carbocycles. The van der Waals surface area contributed by atoms with Gasteiger partial charge in [0.1, 0.15) is 0 Å². The lowest BCUT2D eigenvalue weighted by atomic mass is 10.2. The highest BCUT2D eigenvalue weighted by Crippen LogP contribution is 2.32. The van der Waals surface area contributed by atoms with E-state index in [9.17, 15) is 0 Å². The minimum absolute atomic E-state index is 0.0448. The van der Waals surface area contributed by atoms with Crippen molar-refractivity contribution in [2.24, 2.45) is 5.73 Å². The second kappa shape index (κ2) is 4.45. The Morgan fingerprint density at radius 3 is 3.00 bits per heavy atom. The van der Waals surface area contributed by atoms with Gasteiger partial charge in [-0.05, 0) is 36.8 Å². The number of rotatable bonds is 3. The summed E-state index contributed by atoms with van der Waals surface area (Å²) in [6.45, 7) is 3.06. The Morgan fingerprint density at radius 1 is 1.53 bits per heavy atom. The van der Waals surface area contributed by atoms with Crippen molar-refractivity contribution in [3.8, 4) is 0 Å². The molecular weight excluding hydrogens is 204 g/mol. The van der Waals surface area contributed by atoms with E-state index in [1.807, 2.05) is 13.3 Å². The van der Waals surface area contributed by atoms with Crippen molar-refractivity contribution in [2.45, 2.75) is 24.4 Å². The Morgan fingerprint density at radius 2 is 2.33 bits per heavy atom. The quantitative estimate of drug-likeness (QED) is 0.794. The SMILES string of the molecule is C[CH]C(N)N1CCc2ccc(SC)cc21. The number of hydrogen-bond acceptors (Lipinski definition) is 3. The largest absolute Gasteiger partial charge is 0.355 e. The molecule has 0 saturated carbocycles. The summed E-state index contributed by atoms with van der Waals surface area (Å²) in [6, 6.07) is 6.66. The van der Waals surface area contributed by atoms with E-state index in [4.69, 9.17) is 5.73 Å². The Balaban J connectivity index is 2.31. The fraction of sp³-hybridized carbons (Fsp3) is 0.417. The molecule has 3 heteroatoms. The van der Waals surface area contributed by atoms with E-state index in [0.717, 1.165) is 13.0 Å². The number of nitrogens with zero attached hydrogens (tertiary/aromatic N) is 1. The fourth-order valence-corrected chi connectivity index (χ4v) is 2.43. The van der Waals surface area contributed by atoms with Crippen LogP contribution in [0.3, 0.4) is 0 Å². The zero-order chi connectivity index (χ0) is 10.8. The van der Waals surface area contributed by atoms with Crippen LogP contribution in [0.4, 0.5) is 5.69 Å². The van der Waals surface area contributed by atoms with Gasteiger partial charge in [0.2, 0.25) is 0 Å². The fourth-order valence-electron chi connectivity index (χ4n) is 2.00. The van der Waals surface area contributed by atoms with Crippen molar-refractivity contribution in [1.82, 2.24) is 0 Å². The lowest BCUT2D eigenvalue weighted by molar-refractivity contribution is 0.699. The molecule has 0 spiro atoms. The Labute approximate surface area is 95.8 Å². The molecule has 0 bridgehead atoms. The van der Waals surface area contributed by atoms with Gasteiger partial charge >= 0.3 is 0 Å². The van der Waals surface area contributed by atoms with Gasteiger partial charge in [0.25, 0.3) is 0 Å². The van der Waals surface area contributed by atoms with Crippen molar-refractivity contribution < 1.29 is 0 Å². The summed E-state index contributed by atoms with van der Waals surface area (Å²) in [6.07, 6.45) is 5.31. The highest BCUT2D eigenvalue weighted by molar-refractivity contribution is 7.98. The second-order valence-electron chi connectivity index (χ2n) is 3.76. The summed E-state index contributed by atoms with van der Waals surface area (Å²) in [5.74, 6) is 0. The standard InChI is InChI=1S/C12H17N2S/c1-3-12(13)14-7-6-9-4-5-10(15-2)8-11(9)14/h3-5,8,12H,6-7,13H2,1-2H3. The van der Waals surface area contributed by atoms with Crippen molar-refractivity contribution in [2.75, 3.05) is 17.7 Å². The maximum atomic E-state index is 6.05. The van der Waals surface area contributed by atoms with Crippen molar-refractivity contribution >= 4 is 17.4 Å². The van der Waals surface area contributed by atoms with Crippen LogP contribution in [0.25, 0.3) is 0 Å². The van der Waals surface area contributed by atoms with Crippen LogP contribution in [-0.4, -0.2) is 19.0 Å². The van der Waals surface area contributed by atoms with Gasteiger partial charge in [0, 0.05) is 17.1 Å². The molecule has 1 aliphatic rings. The zero-order valence-electron chi connectivity index (χ0n) is 9.23. The minimum atomic E-state index is 0.0448. The predicted molar refractivity (Wildman–Crippen MR) is 67.2 cm³/mol. The molecule has 1 aliphatic heterocycles. The maximum Gasteiger partial charge on any atom is 0.0800 e. The van der Waals surface area contributed by atoms with Crippen LogP contribution in [0.2, 0.25) is 0 Å². The molecule has 81 valence electrons. The van der Waals surface area contributed by atoms with Gasteiger partial charge in [-0.2, -0.15) is 0 Å². The number of hydrogen-bond donors (Lipinski definition) is 1. The Kier molecular flexibility index (Phi) is 3.22. The van der Waals surface area contributed by atoms with Crippen LogP contribution in [0, 0.1) is 6.42 Å². The van der Waals surface area contributed by atoms with Crippen molar-refractivity contribution in [3.05, 3.63) is 30.2 Å². The average Bonchev–Trinajstić information content (AvgIpc) is 2.70. The normalized spacial score (nSPS) is 16.6. The number of benzene rings is 1. The average molecular weight is 221 g/mol. The zero-order valence-corrected chi connectivity index (χ0v) is 10.1. The van der Waals surface area contributed by atoms with Gasteiger partial charge in [0.05, 0.1) is 6.17 Å². The first-order valence-electron chi connectivity index (χ1n) is 5.25. The molecule has 0 aromatic heterocycles. The van der Waals surface area contributed by atoms with Gasteiger partial charge in [-0.1, -0.05) is 13.0 Å². The van der Waals surface area contributed by atoms with E-state index in [1.165, 1.54) is 16.1 Å². The predicted octanol–water partition coefficient (Wildman–Crippen LogP) is 2.28. The van der Waals surface area contributed by atoms with E-state index in [1.54, 1.807) is 11.8 Å². The van der Waals surface area contributed by atoms with Crippen LogP contribution in [-0.2, 0) is 6.42 Å². The molecule has 1 atom stereocenters. The Bertz CT molecular complexity index is 351. The van der Waals surface area contributed by atoms with Gasteiger partial charge in [-0.25, -0.2) is 0 Å². The first-order chi connectivity index (χ1) is 7.26. The molecule has 0 amide bonds. The van der Waals surface area contributed by atoms with Gasteiger partial charge in [-0.15, -0.1) is 11.8 Å². The Hall–Kier alpha value is -0.670. The molecule has 15 heavy (non-hydrogen) atoms. The molecule has 2 nitrogen and oxygen atoms in total. The molecular formula is C12H17N2S. The first kappa shape index (κ1) is 10.8. The summed E-state index contributed by atoms with van der Waals surface area (Å²) in [7, 11) is 0. The third kappa shape index (κ3) is 1.99. The molecule has 2 rings (SSSR count). The van der Waals surface area contributed by atoms with Crippen LogP contribution in [0.15, 0.2) is 23.1 Å². The molecule has 1 heterocycles. The van der Waals surface area contributed by atoms with E-state index >= 15 is 0 Å². The molecule has 2 N–H and O–H groups in total. The summed E-state index contributed by atoms with van der Waals surface area (Å²) in [5.41, 5.74) is 8.78. The van der Waals surface area contributed by atoms with E-state index < -0.39 is 0 Å². The minimum Gasteiger partial charge on any atom is -0.355 e. The lowest BCUT2D eigenvalue weighted by Crippen LogP contribution is -2.40. The third-order valence-corrected chi connectivity index (χ3v) is 3.65. The van der Waals surface area contributed by atoms with Gasteiger partial charge in [0.15, 0.2) is 0 Å². The van der Waals surface area contributed by atoms with Crippen LogP contribution in [0.5, 0.6) is 0 Å². The molecule has 0 saturated heterocycles. The first-order valence-corrected chi connectivity index (χ1v) is 6.47. The van der Waals surface area contributed by atoms with E-state index in [2.05, 4.69) is 29.4 Å². The summed E-state index contributed by atoms with van der Waals surface area (Å²) >= 11 is 1.78. The summed E-state index contributed by atoms with van der Waals surface area (Å²) in [4.78, 5) is 3.58. The van der Waals surface area contributed by atoms with Gasteiger partial charge < -0.3 is 10.6 Å². The number of anilines is 1. The third-order valence-electron chi connectivity index (χ3n) is 2.93. The topological polar surface area (TPSA) is 29.3 Å². The van der Waals surface area contributed by atoms with Crippen molar-refractivity contribution in [1.29, 1.82) is 0 Å². The second-order valence-corrected chi connectivity index (χ2v) is 4.64. The van der Waals surface area contributed by atoms with Crippen LogP contribution < -0.4 is 10.6 Å². The molecule has 0 fully saturated rings. The maximum absolute atomic E-state index is 6.05. The molecule has 0 aliphatic carbocycles. The van der Waals surface area contributed by atoms with E-state index in [0.29, 0.717) is 0 Å². The van der Waals surface area contributed by atoms with Crippen LogP contribution >= 0.6 is 11.8 Å². The monoisotopic (exact) mass is 221 g/mol. The molecule has 1 radical (unpaired) electrons. The highest BCUT2D eigenvalue weighted by atomic mass is 32.2. The summed E-state index contributed by atoms with van der Waals surface area (Å²) in [5, 5.41) is 0. The van der Waals surface area contributed by atoms with E-state index in [-0.39, 0.29) is 6.17 Å². The summed E-state index contributed by atoms with van der Waals surface area (Å²) < 4.78 is 0. The number of nitrogens with two attached hydrogens (primary N) is 1. The smallest absolute Gasteiger partial charge is 0.0800 e.